The number of ketones is 2. The van der Waals surface area contributed by atoms with Crippen LogP contribution in [-0.2, 0) is 4.79 Å². The molecule has 1 aliphatic carbocycles. The number of rotatable bonds is 2. The SMILES string of the molecule is CC(C)=CCC1=C(O)c2c(O)cccc2C(=O)C1=O. The number of phenolic OH excluding ortho intramolecular Hbond substituents is 1. The highest BCUT2D eigenvalue weighted by atomic mass is 16.3. The highest BCUT2D eigenvalue weighted by molar-refractivity contribution is 6.52. The van der Waals surface area contributed by atoms with E-state index in [4.69, 9.17) is 0 Å². The van der Waals surface area contributed by atoms with Crippen molar-refractivity contribution in [3.8, 4) is 5.75 Å². The minimum absolute atomic E-state index is 0.0280. The lowest BCUT2D eigenvalue weighted by Crippen LogP contribution is -2.23. The molecule has 4 heteroatoms. The highest BCUT2D eigenvalue weighted by Gasteiger charge is 2.33. The van der Waals surface area contributed by atoms with Gasteiger partial charge in [-0.2, -0.15) is 0 Å². The molecule has 0 amide bonds. The summed E-state index contributed by atoms with van der Waals surface area (Å²) in [6.45, 7) is 3.72. The molecule has 0 spiro atoms. The van der Waals surface area contributed by atoms with Crippen molar-refractivity contribution in [1.82, 2.24) is 0 Å². The molecule has 0 aromatic heterocycles. The Hall–Kier alpha value is -2.36. The molecule has 0 fully saturated rings. The molecule has 0 atom stereocenters. The van der Waals surface area contributed by atoms with E-state index in [2.05, 4.69) is 0 Å². The molecule has 0 unspecified atom stereocenters. The summed E-state index contributed by atoms with van der Waals surface area (Å²) in [5, 5.41) is 19.9. The lowest BCUT2D eigenvalue weighted by molar-refractivity contribution is -0.112. The quantitative estimate of drug-likeness (QED) is 0.631. The summed E-state index contributed by atoms with van der Waals surface area (Å²) >= 11 is 0. The number of aliphatic hydroxyl groups excluding tert-OH is 1. The number of phenols is 1. The third kappa shape index (κ3) is 2.17. The summed E-state index contributed by atoms with van der Waals surface area (Å²) in [5.41, 5.74) is 1.09. The standard InChI is InChI=1S/C15H14O4/c1-8(2)6-7-10-13(17)12-9(14(18)15(10)19)4-3-5-11(12)16/h3-6,16-17H,7H2,1-2H3. The van der Waals surface area contributed by atoms with E-state index in [0.29, 0.717) is 0 Å². The predicted molar refractivity (Wildman–Crippen MR) is 71.0 cm³/mol. The van der Waals surface area contributed by atoms with Gasteiger partial charge in [0.25, 0.3) is 0 Å². The Morgan fingerprint density at radius 1 is 1.16 bits per heavy atom. The third-order valence-electron chi connectivity index (χ3n) is 3.00. The van der Waals surface area contributed by atoms with Crippen LogP contribution in [-0.4, -0.2) is 21.8 Å². The molecule has 2 rings (SSSR count). The summed E-state index contributed by atoms with van der Waals surface area (Å²) in [6, 6.07) is 4.26. The molecular formula is C15H14O4. The van der Waals surface area contributed by atoms with E-state index in [1.165, 1.54) is 18.2 Å². The van der Waals surface area contributed by atoms with Gasteiger partial charge in [0.05, 0.1) is 5.56 Å². The minimum atomic E-state index is -0.715. The molecule has 0 saturated heterocycles. The van der Waals surface area contributed by atoms with Gasteiger partial charge in [-0.05, 0) is 32.4 Å². The largest absolute Gasteiger partial charge is 0.507 e. The molecule has 19 heavy (non-hydrogen) atoms. The van der Waals surface area contributed by atoms with E-state index in [-0.39, 0.29) is 34.6 Å². The van der Waals surface area contributed by atoms with Crippen LogP contribution in [0.15, 0.2) is 35.4 Å². The molecule has 1 aromatic carbocycles. The molecule has 0 heterocycles. The Bertz CT molecular complexity index is 632. The van der Waals surface area contributed by atoms with Gasteiger partial charge in [-0.25, -0.2) is 0 Å². The highest BCUT2D eigenvalue weighted by Crippen LogP contribution is 2.35. The molecule has 4 nitrogen and oxygen atoms in total. The van der Waals surface area contributed by atoms with Gasteiger partial charge < -0.3 is 10.2 Å². The molecule has 0 radical (unpaired) electrons. The molecule has 98 valence electrons. The Labute approximate surface area is 110 Å². The monoisotopic (exact) mass is 258 g/mol. The van der Waals surface area contributed by atoms with Gasteiger partial charge in [-0.3, -0.25) is 9.59 Å². The van der Waals surface area contributed by atoms with Crippen molar-refractivity contribution < 1.29 is 19.8 Å². The first kappa shape index (κ1) is 13.1. The number of hydrogen-bond acceptors (Lipinski definition) is 4. The summed E-state index contributed by atoms with van der Waals surface area (Å²) in [7, 11) is 0. The average molecular weight is 258 g/mol. The summed E-state index contributed by atoms with van der Waals surface area (Å²) in [6.07, 6.45) is 1.92. The average Bonchev–Trinajstić information content (AvgIpc) is 2.35. The van der Waals surface area contributed by atoms with Gasteiger partial charge in [-0.1, -0.05) is 17.7 Å². The van der Waals surface area contributed by atoms with Gasteiger partial charge in [0.15, 0.2) is 0 Å². The second-order valence-corrected chi connectivity index (χ2v) is 4.67. The molecule has 2 N–H and O–H groups in total. The van der Waals surface area contributed by atoms with Gasteiger partial charge >= 0.3 is 0 Å². The first-order chi connectivity index (χ1) is 8.93. The first-order valence-electron chi connectivity index (χ1n) is 5.90. The number of Topliss-reactive ketones (excluding diaryl/α,β-unsaturated/α-hetero) is 2. The van der Waals surface area contributed by atoms with E-state index >= 15 is 0 Å². The van der Waals surface area contributed by atoms with Crippen LogP contribution >= 0.6 is 0 Å². The number of benzene rings is 1. The van der Waals surface area contributed by atoms with Crippen molar-refractivity contribution in [2.45, 2.75) is 20.3 Å². The van der Waals surface area contributed by atoms with E-state index in [9.17, 15) is 19.8 Å². The van der Waals surface area contributed by atoms with Crippen molar-refractivity contribution in [3.05, 3.63) is 46.5 Å². The normalized spacial score (nSPS) is 14.4. The van der Waals surface area contributed by atoms with Crippen LogP contribution in [0.3, 0.4) is 0 Å². The number of aliphatic hydroxyl groups is 1. The fourth-order valence-corrected chi connectivity index (χ4v) is 1.99. The van der Waals surface area contributed by atoms with E-state index in [0.717, 1.165) is 5.57 Å². The molecule has 1 aliphatic rings. The molecular weight excluding hydrogens is 244 g/mol. The summed E-state index contributed by atoms with van der Waals surface area (Å²) in [4.78, 5) is 23.9. The topological polar surface area (TPSA) is 74.6 Å². The number of fused-ring (bicyclic) bond motifs is 1. The zero-order valence-electron chi connectivity index (χ0n) is 10.7. The molecule has 0 aliphatic heterocycles. The molecule has 0 bridgehead atoms. The van der Waals surface area contributed by atoms with Gasteiger partial charge in [0.1, 0.15) is 11.5 Å². The van der Waals surface area contributed by atoms with Crippen LogP contribution in [0, 0.1) is 0 Å². The summed E-state index contributed by atoms with van der Waals surface area (Å²) in [5.74, 6) is -1.92. The van der Waals surface area contributed by atoms with Crippen molar-refractivity contribution in [2.75, 3.05) is 0 Å². The smallest absolute Gasteiger partial charge is 0.234 e. The van der Waals surface area contributed by atoms with Gasteiger partial charge in [-0.15, -0.1) is 0 Å². The Morgan fingerprint density at radius 2 is 1.84 bits per heavy atom. The maximum absolute atomic E-state index is 11.9. The number of allylic oxidation sites excluding steroid dienone is 3. The minimum Gasteiger partial charge on any atom is -0.507 e. The Kier molecular flexibility index (Phi) is 3.25. The maximum atomic E-state index is 11.9. The van der Waals surface area contributed by atoms with Gasteiger partial charge in [0, 0.05) is 11.1 Å². The lowest BCUT2D eigenvalue weighted by Gasteiger charge is -2.18. The molecule has 0 saturated carbocycles. The van der Waals surface area contributed by atoms with Crippen molar-refractivity contribution in [2.24, 2.45) is 0 Å². The number of carbonyl (C=O) groups is 2. The zero-order chi connectivity index (χ0) is 14.2. The molecule has 1 aromatic rings. The van der Waals surface area contributed by atoms with Crippen LogP contribution < -0.4 is 0 Å². The zero-order valence-corrected chi connectivity index (χ0v) is 10.7. The fourth-order valence-electron chi connectivity index (χ4n) is 1.99. The van der Waals surface area contributed by atoms with E-state index < -0.39 is 11.6 Å². The Balaban J connectivity index is 2.63. The maximum Gasteiger partial charge on any atom is 0.234 e. The van der Waals surface area contributed by atoms with Crippen LogP contribution in [0.5, 0.6) is 5.75 Å². The van der Waals surface area contributed by atoms with Crippen molar-refractivity contribution >= 4 is 17.3 Å². The predicted octanol–water partition coefficient (Wildman–Crippen LogP) is 2.78. The number of aromatic hydroxyl groups is 1. The van der Waals surface area contributed by atoms with Gasteiger partial charge in [0.2, 0.25) is 11.6 Å². The van der Waals surface area contributed by atoms with Crippen molar-refractivity contribution in [1.29, 1.82) is 0 Å². The second-order valence-electron chi connectivity index (χ2n) is 4.67. The number of carbonyl (C=O) groups excluding carboxylic acids is 2. The van der Waals surface area contributed by atoms with E-state index in [1.54, 1.807) is 6.08 Å². The first-order valence-corrected chi connectivity index (χ1v) is 5.90. The van der Waals surface area contributed by atoms with Crippen LogP contribution in [0.4, 0.5) is 0 Å². The Morgan fingerprint density at radius 3 is 2.47 bits per heavy atom. The second kappa shape index (κ2) is 4.72. The van der Waals surface area contributed by atoms with E-state index in [1.807, 2.05) is 13.8 Å². The number of hydrogen-bond donors (Lipinski definition) is 2. The third-order valence-corrected chi connectivity index (χ3v) is 3.00. The lowest BCUT2D eigenvalue weighted by atomic mass is 9.86. The van der Waals surface area contributed by atoms with Crippen molar-refractivity contribution in [3.63, 3.8) is 0 Å². The van der Waals surface area contributed by atoms with Crippen LogP contribution in [0.25, 0.3) is 5.76 Å². The summed E-state index contributed by atoms with van der Waals surface area (Å²) < 4.78 is 0. The van der Waals surface area contributed by atoms with Crippen LogP contribution in [0.2, 0.25) is 0 Å². The fraction of sp³-hybridized carbons (Fsp3) is 0.200. The van der Waals surface area contributed by atoms with Crippen LogP contribution in [0.1, 0.15) is 36.2 Å².